The van der Waals surface area contributed by atoms with Gasteiger partial charge in [-0.2, -0.15) is 0 Å². The molecule has 0 aliphatic carbocycles. The predicted octanol–water partition coefficient (Wildman–Crippen LogP) is -0.463. The summed E-state index contributed by atoms with van der Waals surface area (Å²) in [6, 6.07) is -0.331. The van der Waals surface area contributed by atoms with Gasteiger partial charge in [-0.3, -0.25) is 4.79 Å². The first-order valence-electron chi connectivity index (χ1n) is 5.78. The fourth-order valence-electron chi connectivity index (χ4n) is 1.55. The normalized spacial score (nSPS) is 20.2. The van der Waals surface area contributed by atoms with Crippen LogP contribution in [-0.4, -0.2) is 61.6 Å². The highest BCUT2D eigenvalue weighted by atomic mass is 32.2. The molecule has 0 spiro atoms. The number of hydrogen-bond donors (Lipinski definition) is 2. The van der Waals surface area contributed by atoms with Crippen LogP contribution in [0, 0.1) is 5.92 Å². The van der Waals surface area contributed by atoms with Crippen LogP contribution >= 0.6 is 0 Å². The van der Waals surface area contributed by atoms with E-state index in [1.807, 2.05) is 0 Å². The largest absolute Gasteiger partial charge is 0.481 e. The molecular weight excluding hydrogens is 260 g/mol. The van der Waals surface area contributed by atoms with E-state index in [1.165, 1.54) is 4.90 Å². The lowest BCUT2D eigenvalue weighted by atomic mass is 10.1. The quantitative estimate of drug-likeness (QED) is 0.724. The van der Waals surface area contributed by atoms with E-state index in [9.17, 15) is 18.0 Å². The molecule has 1 atom stereocenters. The van der Waals surface area contributed by atoms with Crippen molar-refractivity contribution in [3.63, 3.8) is 0 Å². The Morgan fingerprint density at radius 2 is 1.89 bits per heavy atom. The maximum Gasteiger partial charge on any atom is 0.317 e. The molecule has 1 aliphatic heterocycles. The molecular formula is C10H18N2O5S. The van der Waals surface area contributed by atoms with E-state index in [-0.39, 0.29) is 37.2 Å². The molecule has 2 N–H and O–H groups in total. The molecule has 1 fully saturated rings. The second-order valence-electron chi connectivity index (χ2n) is 4.40. The summed E-state index contributed by atoms with van der Waals surface area (Å²) in [4.78, 5) is 23.6. The minimum Gasteiger partial charge on any atom is -0.481 e. The Morgan fingerprint density at radius 3 is 2.39 bits per heavy atom. The molecule has 1 rings (SSSR count). The van der Waals surface area contributed by atoms with Gasteiger partial charge in [-0.05, 0) is 6.42 Å². The lowest BCUT2D eigenvalue weighted by Gasteiger charge is -2.26. The molecule has 8 heteroatoms. The van der Waals surface area contributed by atoms with Crippen molar-refractivity contribution < 1.29 is 23.1 Å². The van der Waals surface area contributed by atoms with E-state index in [0.717, 1.165) is 0 Å². The number of rotatable bonds is 4. The van der Waals surface area contributed by atoms with E-state index in [4.69, 9.17) is 5.11 Å². The van der Waals surface area contributed by atoms with Crippen molar-refractivity contribution in [1.29, 1.82) is 0 Å². The van der Waals surface area contributed by atoms with Gasteiger partial charge in [0.25, 0.3) is 0 Å². The zero-order valence-electron chi connectivity index (χ0n) is 10.3. The van der Waals surface area contributed by atoms with Crippen LogP contribution in [0.5, 0.6) is 0 Å². The van der Waals surface area contributed by atoms with Crippen molar-refractivity contribution in [3.05, 3.63) is 0 Å². The third-order valence-electron chi connectivity index (χ3n) is 2.91. The first kappa shape index (κ1) is 14.7. The average molecular weight is 278 g/mol. The summed E-state index contributed by atoms with van der Waals surface area (Å²) >= 11 is 0. The highest BCUT2D eigenvalue weighted by Crippen LogP contribution is 2.04. The van der Waals surface area contributed by atoms with Crippen molar-refractivity contribution >= 4 is 21.8 Å². The Labute approximate surface area is 106 Å². The second kappa shape index (κ2) is 6.03. The van der Waals surface area contributed by atoms with Crippen LogP contribution < -0.4 is 5.32 Å². The zero-order valence-corrected chi connectivity index (χ0v) is 11.1. The molecule has 0 saturated carbocycles. The summed E-state index contributed by atoms with van der Waals surface area (Å²) in [7, 11) is -2.99. The molecule has 0 radical (unpaired) electrons. The minimum absolute atomic E-state index is 0.00799. The van der Waals surface area contributed by atoms with Gasteiger partial charge >= 0.3 is 12.0 Å². The minimum atomic E-state index is -2.99. The number of carboxylic acids is 1. The molecule has 0 aromatic carbocycles. The van der Waals surface area contributed by atoms with Crippen LogP contribution in [0.1, 0.15) is 13.3 Å². The van der Waals surface area contributed by atoms with E-state index < -0.39 is 21.7 Å². The molecule has 1 saturated heterocycles. The van der Waals surface area contributed by atoms with Gasteiger partial charge < -0.3 is 15.3 Å². The lowest BCUT2D eigenvalue weighted by Crippen LogP contribution is -2.48. The number of amides is 2. The van der Waals surface area contributed by atoms with Crippen LogP contribution in [0.25, 0.3) is 0 Å². The Bertz CT molecular complexity index is 406. The number of carbonyl (C=O) groups is 2. The Hall–Kier alpha value is -1.31. The molecule has 2 amide bonds. The second-order valence-corrected chi connectivity index (χ2v) is 6.70. The molecule has 1 heterocycles. The highest BCUT2D eigenvalue weighted by Gasteiger charge is 2.24. The van der Waals surface area contributed by atoms with Crippen molar-refractivity contribution in [2.24, 2.45) is 5.92 Å². The zero-order chi connectivity index (χ0) is 13.8. The standard InChI is InChI=1S/C10H18N2O5S/c1-8(9(13)14)2-3-11-10(15)12-4-6-18(16,17)7-5-12/h8H,2-7H2,1H3,(H,11,15)(H,13,14). The average Bonchev–Trinajstić information content (AvgIpc) is 2.28. The van der Waals surface area contributed by atoms with E-state index in [2.05, 4.69) is 5.32 Å². The summed E-state index contributed by atoms with van der Waals surface area (Å²) in [6.45, 7) is 2.24. The van der Waals surface area contributed by atoms with Crippen molar-refractivity contribution in [2.75, 3.05) is 31.1 Å². The van der Waals surface area contributed by atoms with Crippen LogP contribution in [0.4, 0.5) is 4.79 Å². The van der Waals surface area contributed by atoms with Gasteiger partial charge in [-0.1, -0.05) is 6.92 Å². The number of hydrogen-bond acceptors (Lipinski definition) is 4. The molecule has 1 aliphatic rings. The fraction of sp³-hybridized carbons (Fsp3) is 0.800. The Balaban J connectivity index is 2.28. The Morgan fingerprint density at radius 1 is 1.33 bits per heavy atom. The SMILES string of the molecule is CC(CCNC(=O)N1CCS(=O)(=O)CC1)C(=O)O. The smallest absolute Gasteiger partial charge is 0.317 e. The number of aliphatic carboxylic acids is 1. The van der Waals surface area contributed by atoms with E-state index >= 15 is 0 Å². The maximum atomic E-state index is 11.6. The monoisotopic (exact) mass is 278 g/mol. The number of carboxylic acid groups (broad SMARTS) is 1. The van der Waals surface area contributed by atoms with Gasteiger partial charge in [-0.15, -0.1) is 0 Å². The van der Waals surface area contributed by atoms with Gasteiger partial charge in [0.05, 0.1) is 17.4 Å². The van der Waals surface area contributed by atoms with Crippen LogP contribution in [0.2, 0.25) is 0 Å². The van der Waals surface area contributed by atoms with Gasteiger partial charge in [0, 0.05) is 19.6 Å². The van der Waals surface area contributed by atoms with Crippen LogP contribution in [0.15, 0.2) is 0 Å². The highest BCUT2D eigenvalue weighted by molar-refractivity contribution is 7.91. The van der Waals surface area contributed by atoms with Gasteiger partial charge in [0.2, 0.25) is 0 Å². The Kier molecular flexibility index (Phi) is 4.94. The van der Waals surface area contributed by atoms with Gasteiger partial charge in [-0.25, -0.2) is 13.2 Å². The summed E-state index contributed by atoms with van der Waals surface area (Å²) < 4.78 is 22.3. The first-order chi connectivity index (χ1) is 8.32. The summed E-state index contributed by atoms with van der Waals surface area (Å²) in [5.74, 6) is -1.42. The van der Waals surface area contributed by atoms with Crippen LogP contribution in [-0.2, 0) is 14.6 Å². The molecule has 104 valence electrons. The summed E-state index contributed by atoms with van der Waals surface area (Å²) in [6.07, 6.45) is 0.354. The molecule has 18 heavy (non-hydrogen) atoms. The number of urea groups is 1. The molecule has 1 unspecified atom stereocenters. The van der Waals surface area contributed by atoms with Crippen molar-refractivity contribution in [3.8, 4) is 0 Å². The van der Waals surface area contributed by atoms with Gasteiger partial charge in [0.1, 0.15) is 0 Å². The van der Waals surface area contributed by atoms with E-state index in [0.29, 0.717) is 6.42 Å². The maximum absolute atomic E-state index is 11.6. The third-order valence-corrected chi connectivity index (χ3v) is 4.52. The van der Waals surface area contributed by atoms with E-state index in [1.54, 1.807) is 6.92 Å². The number of sulfone groups is 1. The summed E-state index contributed by atoms with van der Waals surface area (Å²) in [5.41, 5.74) is 0. The van der Waals surface area contributed by atoms with Crippen molar-refractivity contribution in [2.45, 2.75) is 13.3 Å². The topological polar surface area (TPSA) is 104 Å². The van der Waals surface area contributed by atoms with Crippen LogP contribution in [0.3, 0.4) is 0 Å². The fourth-order valence-corrected chi connectivity index (χ4v) is 2.75. The number of carbonyl (C=O) groups excluding carboxylic acids is 1. The van der Waals surface area contributed by atoms with Crippen molar-refractivity contribution in [1.82, 2.24) is 10.2 Å². The molecule has 0 aromatic rings. The molecule has 0 bridgehead atoms. The predicted molar refractivity (Wildman–Crippen MR) is 65.0 cm³/mol. The third kappa shape index (κ3) is 4.52. The summed E-state index contributed by atoms with van der Waals surface area (Å²) in [5, 5.41) is 11.3. The lowest BCUT2D eigenvalue weighted by molar-refractivity contribution is -0.141. The van der Waals surface area contributed by atoms with Gasteiger partial charge in [0.15, 0.2) is 9.84 Å². The first-order valence-corrected chi connectivity index (χ1v) is 7.60. The molecule has 7 nitrogen and oxygen atoms in total. The number of nitrogens with zero attached hydrogens (tertiary/aromatic N) is 1. The number of nitrogens with one attached hydrogen (secondary N) is 1. The molecule has 0 aromatic heterocycles.